The van der Waals surface area contributed by atoms with E-state index in [4.69, 9.17) is 4.74 Å². The lowest BCUT2D eigenvalue weighted by Gasteiger charge is -2.15. The number of rotatable bonds is 6. The van der Waals surface area contributed by atoms with Crippen molar-refractivity contribution < 1.29 is 4.74 Å². The molecule has 0 fully saturated rings. The number of ether oxygens (including phenoxy) is 1. The molecule has 0 aliphatic carbocycles. The Morgan fingerprint density at radius 2 is 2.05 bits per heavy atom. The van der Waals surface area contributed by atoms with Crippen LogP contribution in [-0.2, 0) is 11.3 Å². The Bertz CT molecular complexity index is 412. The van der Waals surface area contributed by atoms with Crippen LogP contribution in [0.25, 0.3) is 0 Å². The summed E-state index contributed by atoms with van der Waals surface area (Å²) in [4.78, 5) is 6.61. The van der Waals surface area contributed by atoms with Crippen LogP contribution in [0.2, 0.25) is 0 Å². The molecule has 19 heavy (non-hydrogen) atoms. The van der Waals surface area contributed by atoms with Gasteiger partial charge in [-0.1, -0.05) is 24.3 Å². The van der Waals surface area contributed by atoms with Gasteiger partial charge in [0.1, 0.15) is 5.84 Å². The maximum atomic E-state index is 5.63. The van der Waals surface area contributed by atoms with Crippen molar-refractivity contribution in [1.29, 1.82) is 0 Å². The number of nitrogens with zero attached hydrogens (tertiary/aromatic N) is 2. The summed E-state index contributed by atoms with van der Waals surface area (Å²) in [7, 11) is 4.10. The molecule has 2 rings (SSSR count). The fourth-order valence-electron chi connectivity index (χ4n) is 1.92. The Balaban J connectivity index is 1.82. The monoisotopic (exact) mass is 261 g/mol. The largest absolute Gasteiger partial charge is 0.375 e. The topological polar surface area (TPSA) is 36.9 Å². The van der Waals surface area contributed by atoms with Crippen molar-refractivity contribution in [3.05, 3.63) is 35.4 Å². The molecule has 1 N–H and O–H groups in total. The molecule has 1 aliphatic heterocycles. The Kier molecular flexibility index (Phi) is 5.36. The van der Waals surface area contributed by atoms with E-state index in [2.05, 4.69) is 53.6 Å². The first-order valence-electron chi connectivity index (χ1n) is 6.86. The summed E-state index contributed by atoms with van der Waals surface area (Å²) in [5.74, 6) is 1.02. The van der Waals surface area contributed by atoms with Gasteiger partial charge in [-0.3, -0.25) is 4.99 Å². The highest BCUT2D eigenvalue weighted by atomic mass is 16.5. The molecule has 0 atom stereocenters. The van der Waals surface area contributed by atoms with E-state index < -0.39 is 0 Å². The minimum absolute atomic E-state index is 0.675. The molecule has 104 valence electrons. The molecule has 0 saturated carbocycles. The molecular formula is C15H23N3O. The molecular weight excluding hydrogens is 238 g/mol. The number of amidine groups is 1. The zero-order valence-electron chi connectivity index (χ0n) is 11.9. The first-order valence-corrected chi connectivity index (χ1v) is 6.86. The van der Waals surface area contributed by atoms with Gasteiger partial charge in [0, 0.05) is 25.2 Å². The Hall–Kier alpha value is -1.39. The van der Waals surface area contributed by atoms with Crippen LogP contribution in [0.4, 0.5) is 0 Å². The van der Waals surface area contributed by atoms with E-state index in [1.165, 1.54) is 5.56 Å². The first-order chi connectivity index (χ1) is 9.25. The molecule has 4 heteroatoms. The SMILES string of the molecule is CN(C)CCOCc1ccc(C2=NCCCN2)cc1. The summed E-state index contributed by atoms with van der Waals surface area (Å²) in [5.41, 5.74) is 2.37. The first kappa shape index (κ1) is 14.0. The van der Waals surface area contributed by atoms with E-state index >= 15 is 0 Å². The summed E-state index contributed by atoms with van der Waals surface area (Å²) in [6, 6.07) is 8.46. The third kappa shape index (κ3) is 4.65. The van der Waals surface area contributed by atoms with Gasteiger partial charge < -0.3 is 15.0 Å². The molecule has 1 aromatic rings. The Morgan fingerprint density at radius 1 is 1.26 bits per heavy atom. The number of hydrogen-bond acceptors (Lipinski definition) is 4. The van der Waals surface area contributed by atoms with E-state index in [0.717, 1.165) is 44.1 Å². The molecule has 0 unspecified atom stereocenters. The maximum absolute atomic E-state index is 5.63. The van der Waals surface area contributed by atoms with Gasteiger partial charge in [0.15, 0.2) is 0 Å². The highest BCUT2D eigenvalue weighted by molar-refractivity contribution is 5.99. The van der Waals surface area contributed by atoms with Gasteiger partial charge >= 0.3 is 0 Å². The van der Waals surface area contributed by atoms with Crippen molar-refractivity contribution in [1.82, 2.24) is 10.2 Å². The zero-order valence-corrected chi connectivity index (χ0v) is 11.9. The standard InChI is InChI=1S/C15H23N3O/c1-18(2)10-11-19-12-13-4-6-14(7-5-13)15-16-8-3-9-17-15/h4-7H,3,8-12H2,1-2H3,(H,16,17). The lowest BCUT2D eigenvalue weighted by Crippen LogP contribution is -2.30. The van der Waals surface area contributed by atoms with Crippen LogP contribution in [0, 0.1) is 0 Å². The number of benzene rings is 1. The minimum Gasteiger partial charge on any atom is -0.375 e. The molecule has 0 spiro atoms. The van der Waals surface area contributed by atoms with Crippen LogP contribution in [0.15, 0.2) is 29.3 Å². The van der Waals surface area contributed by atoms with Crippen LogP contribution < -0.4 is 5.32 Å². The summed E-state index contributed by atoms with van der Waals surface area (Å²) in [6.45, 7) is 4.35. The summed E-state index contributed by atoms with van der Waals surface area (Å²) >= 11 is 0. The van der Waals surface area contributed by atoms with Gasteiger partial charge in [0.05, 0.1) is 13.2 Å². The molecule has 0 amide bonds. The van der Waals surface area contributed by atoms with E-state index in [1.807, 2.05) is 0 Å². The molecule has 1 aliphatic rings. The van der Waals surface area contributed by atoms with Crippen molar-refractivity contribution >= 4 is 5.84 Å². The van der Waals surface area contributed by atoms with Crippen molar-refractivity contribution in [3.8, 4) is 0 Å². The lowest BCUT2D eigenvalue weighted by molar-refractivity contribution is 0.105. The van der Waals surface area contributed by atoms with Gasteiger partial charge in [-0.05, 0) is 26.1 Å². The van der Waals surface area contributed by atoms with E-state index in [-0.39, 0.29) is 0 Å². The molecule has 1 heterocycles. The van der Waals surface area contributed by atoms with E-state index in [1.54, 1.807) is 0 Å². The zero-order chi connectivity index (χ0) is 13.5. The van der Waals surface area contributed by atoms with Crippen LogP contribution in [0.3, 0.4) is 0 Å². The number of nitrogens with one attached hydrogen (secondary N) is 1. The van der Waals surface area contributed by atoms with Crippen molar-refractivity contribution in [2.75, 3.05) is 40.3 Å². The quantitative estimate of drug-likeness (QED) is 0.789. The average molecular weight is 261 g/mol. The predicted molar refractivity (Wildman–Crippen MR) is 78.7 cm³/mol. The van der Waals surface area contributed by atoms with Crippen LogP contribution in [-0.4, -0.2) is 51.1 Å². The van der Waals surface area contributed by atoms with Crippen LogP contribution >= 0.6 is 0 Å². The second kappa shape index (κ2) is 7.26. The predicted octanol–water partition coefficient (Wildman–Crippen LogP) is 1.50. The molecule has 0 radical (unpaired) electrons. The Morgan fingerprint density at radius 3 is 2.68 bits per heavy atom. The van der Waals surface area contributed by atoms with Crippen molar-refractivity contribution in [2.24, 2.45) is 4.99 Å². The average Bonchev–Trinajstić information content (AvgIpc) is 2.45. The fraction of sp³-hybridized carbons (Fsp3) is 0.533. The van der Waals surface area contributed by atoms with Crippen molar-refractivity contribution in [2.45, 2.75) is 13.0 Å². The van der Waals surface area contributed by atoms with Crippen LogP contribution in [0.5, 0.6) is 0 Å². The number of hydrogen-bond donors (Lipinski definition) is 1. The minimum atomic E-state index is 0.675. The van der Waals surface area contributed by atoms with E-state index in [0.29, 0.717) is 6.61 Å². The fourth-order valence-corrected chi connectivity index (χ4v) is 1.92. The maximum Gasteiger partial charge on any atom is 0.128 e. The molecule has 0 bridgehead atoms. The summed E-state index contributed by atoms with van der Waals surface area (Å²) in [6.07, 6.45) is 1.13. The Labute approximate surface area is 115 Å². The van der Waals surface area contributed by atoms with Gasteiger partial charge in [0.2, 0.25) is 0 Å². The second-order valence-corrected chi connectivity index (χ2v) is 5.06. The summed E-state index contributed by atoms with van der Waals surface area (Å²) in [5, 5.41) is 3.33. The molecule has 4 nitrogen and oxygen atoms in total. The molecule has 0 aromatic heterocycles. The number of aliphatic imine (C=N–C) groups is 1. The lowest BCUT2D eigenvalue weighted by atomic mass is 10.1. The number of likely N-dealkylation sites (N-methyl/N-ethyl adjacent to an activating group) is 1. The van der Waals surface area contributed by atoms with Crippen LogP contribution in [0.1, 0.15) is 17.5 Å². The smallest absolute Gasteiger partial charge is 0.128 e. The highest BCUT2D eigenvalue weighted by Crippen LogP contribution is 2.08. The highest BCUT2D eigenvalue weighted by Gasteiger charge is 2.06. The van der Waals surface area contributed by atoms with E-state index in [9.17, 15) is 0 Å². The second-order valence-electron chi connectivity index (χ2n) is 5.06. The molecule has 0 saturated heterocycles. The van der Waals surface area contributed by atoms with Gasteiger partial charge in [-0.2, -0.15) is 0 Å². The molecule has 1 aromatic carbocycles. The normalized spacial score (nSPS) is 15.2. The summed E-state index contributed by atoms with van der Waals surface area (Å²) < 4.78 is 5.63. The van der Waals surface area contributed by atoms with Gasteiger partial charge in [-0.15, -0.1) is 0 Å². The van der Waals surface area contributed by atoms with Gasteiger partial charge in [-0.25, -0.2) is 0 Å². The third-order valence-corrected chi connectivity index (χ3v) is 3.08. The third-order valence-electron chi connectivity index (χ3n) is 3.08. The van der Waals surface area contributed by atoms with Crippen molar-refractivity contribution in [3.63, 3.8) is 0 Å². The van der Waals surface area contributed by atoms with Gasteiger partial charge in [0.25, 0.3) is 0 Å².